The Morgan fingerprint density at radius 2 is 2.21 bits per heavy atom. The molecule has 1 heterocycles. The summed E-state index contributed by atoms with van der Waals surface area (Å²) in [6, 6.07) is 3.42. The summed E-state index contributed by atoms with van der Waals surface area (Å²) in [6.45, 7) is 4.07. The lowest BCUT2D eigenvalue weighted by molar-refractivity contribution is 0.0902. The Morgan fingerprint density at radius 3 is 2.84 bits per heavy atom. The van der Waals surface area contributed by atoms with Crippen LogP contribution in [0, 0.1) is 12.7 Å². The molecular formula is C13H18FNO3S. The topological polar surface area (TPSA) is 55.4 Å². The lowest BCUT2D eigenvalue weighted by atomic mass is 10.1. The summed E-state index contributed by atoms with van der Waals surface area (Å²) in [4.78, 5) is -0.0163. The summed E-state index contributed by atoms with van der Waals surface area (Å²) in [5.74, 6) is -0.559. The minimum Gasteiger partial charge on any atom is -0.377 e. The predicted molar refractivity (Wildman–Crippen MR) is 69.9 cm³/mol. The van der Waals surface area contributed by atoms with E-state index in [4.69, 9.17) is 4.74 Å². The molecular weight excluding hydrogens is 269 g/mol. The number of ether oxygens (including phenoxy) is 1. The number of hydrogen-bond donors (Lipinski definition) is 1. The van der Waals surface area contributed by atoms with Gasteiger partial charge in [-0.2, -0.15) is 0 Å². The fraction of sp³-hybridized carbons (Fsp3) is 0.538. The molecule has 1 fully saturated rings. The van der Waals surface area contributed by atoms with E-state index >= 15 is 0 Å². The fourth-order valence-corrected chi connectivity index (χ4v) is 3.77. The molecule has 2 unspecified atom stereocenters. The summed E-state index contributed by atoms with van der Waals surface area (Å²) in [7, 11) is -3.72. The van der Waals surface area contributed by atoms with Crippen LogP contribution in [-0.4, -0.2) is 27.2 Å². The van der Waals surface area contributed by atoms with Crippen molar-refractivity contribution in [2.45, 2.75) is 43.7 Å². The van der Waals surface area contributed by atoms with Gasteiger partial charge in [-0.05, 0) is 44.4 Å². The van der Waals surface area contributed by atoms with Gasteiger partial charge in [0.05, 0.1) is 11.0 Å². The molecule has 0 aromatic heterocycles. The van der Waals surface area contributed by atoms with E-state index in [9.17, 15) is 12.8 Å². The molecule has 2 atom stereocenters. The molecule has 4 nitrogen and oxygen atoms in total. The minimum atomic E-state index is -3.72. The molecule has 2 rings (SSSR count). The van der Waals surface area contributed by atoms with E-state index in [1.807, 2.05) is 0 Å². The number of hydrogen-bond acceptors (Lipinski definition) is 3. The molecule has 0 saturated carbocycles. The van der Waals surface area contributed by atoms with Crippen LogP contribution in [-0.2, 0) is 14.8 Å². The number of benzene rings is 1. The zero-order valence-electron chi connectivity index (χ0n) is 11.0. The molecule has 1 aromatic rings. The maximum atomic E-state index is 13.2. The lowest BCUT2D eigenvalue weighted by Gasteiger charge is -2.20. The van der Waals surface area contributed by atoms with E-state index in [0.29, 0.717) is 12.2 Å². The summed E-state index contributed by atoms with van der Waals surface area (Å²) in [5, 5.41) is 0. The molecule has 1 saturated heterocycles. The van der Waals surface area contributed by atoms with Crippen molar-refractivity contribution < 1.29 is 17.5 Å². The highest BCUT2D eigenvalue weighted by Gasteiger charge is 2.27. The van der Waals surface area contributed by atoms with Crippen LogP contribution in [0.4, 0.5) is 4.39 Å². The van der Waals surface area contributed by atoms with Crippen LogP contribution in [0.15, 0.2) is 23.1 Å². The van der Waals surface area contributed by atoms with Crippen molar-refractivity contribution in [1.29, 1.82) is 0 Å². The molecule has 1 aromatic carbocycles. The Hall–Kier alpha value is -0.980. The third-order valence-corrected chi connectivity index (χ3v) is 5.00. The van der Waals surface area contributed by atoms with Gasteiger partial charge in [0, 0.05) is 12.6 Å². The quantitative estimate of drug-likeness (QED) is 0.921. The van der Waals surface area contributed by atoms with Gasteiger partial charge in [-0.3, -0.25) is 0 Å². The van der Waals surface area contributed by atoms with Crippen molar-refractivity contribution in [3.63, 3.8) is 0 Å². The van der Waals surface area contributed by atoms with Gasteiger partial charge in [0.15, 0.2) is 0 Å². The predicted octanol–water partition coefficient (Wildman–Crippen LogP) is 1.98. The first-order valence-electron chi connectivity index (χ1n) is 6.30. The lowest BCUT2D eigenvalue weighted by Crippen LogP contribution is -2.41. The van der Waals surface area contributed by atoms with Crippen molar-refractivity contribution in [3.8, 4) is 0 Å². The van der Waals surface area contributed by atoms with E-state index in [-0.39, 0.29) is 17.0 Å². The number of halogens is 1. The van der Waals surface area contributed by atoms with Gasteiger partial charge in [-0.15, -0.1) is 0 Å². The zero-order valence-corrected chi connectivity index (χ0v) is 11.8. The van der Waals surface area contributed by atoms with Crippen LogP contribution in [0.3, 0.4) is 0 Å². The highest BCUT2D eigenvalue weighted by Crippen LogP contribution is 2.20. The van der Waals surface area contributed by atoms with Gasteiger partial charge in [0.25, 0.3) is 0 Å². The smallest absolute Gasteiger partial charge is 0.241 e. The van der Waals surface area contributed by atoms with E-state index < -0.39 is 15.8 Å². The summed E-state index contributed by atoms with van der Waals surface area (Å²) >= 11 is 0. The van der Waals surface area contributed by atoms with Crippen molar-refractivity contribution >= 4 is 10.0 Å². The highest BCUT2D eigenvalue weighted by atomic mass is 32.2. The van der Waals surface area contributed by atoms with Crippen LogP contribution in [0.1, 0.15) is 25.3 Å². The van der Waals surface area contributed by atoms with Crippen LogP contribution in [0.25, 0.3) is 0 Å². The normalized spacial score (nSPS) is 21.5. The molecule has 1 aliphatic rings. The molecule has 0 radical (unpaired) electrons. The second-order valence-corrected chi connectivity index (χ2v) is 6.55. The number of sulfonamides is 1. The highest BCUT2D eigenvalue weighted by molar-refractivity contribution is 7.89. The van der Waals surface area contributed by atoms with E-state index in [0.717, 1.165) is 18.9 Å². The Labute approximate surface area is 113 Å². The molecule has 19 heavy (non-hydrogen) atoms. The standard InChI is InChI=1S/C13H18FNO3S/c1-9-5-6-11(14)8-13(9)19(16,17)15-10(2)12-4-3-7-18-12/h5-6,8,10,12,15H,3-4,7H2,1-2H3. The molecule has 1 aliphatic heterocycles. The van der Waals surface area contributed by atoms with Gasteiger partial charge in [0.2, 0.25) is 10.0 Å². The molecule has 6 heteroatoms. The van der Waals surface area contributed by atoms with E-state index in [2.05, 4.69) is 4.72 Å². The van der Waals surface area contributed by atoms with Gasteiger partial charge in [-0.1, -0.05) is 6.07 Å². The van der Waals surface area contributed by atoms with E-state index in [1.54, 1.807) is 13.8 Å². The minimum absolute atomic E-state index is 0.0163. The van der Waals surface area contributed by atoms with Crippen molar-refractivity contribution in [2.75, 3.05) is 6.61 Å². The first-order chi connectivity index (χ1) is 8.90. The number of aryl methyl sites for hydroxylation is 1. The fourth-order valence-electron chi connectivity index (χ4n) is 2.24. The van der Waals surface area contributed by atoms with Crippen molar-refractivity contribution in [1.82, 2.24) is 4.72 Å². The monoisotopic (exact) mass is 287 g/mol. The Balaban J connectivity index is 2.19. The number of nitrogens with one attached hydrogen (secondary N) is 1. The molecule has 0 amide bonds. The summed E-state index contributed by atoms with van der Waals surface area (Å²) < 4.78 is 45.7. The van der Waals surface area contributed by atoms with Crippen LogP contribution < -0.4 is 4.72 Å². The molecule has 106 valence electrons. The van der Waals surface area contributed by atoms with Crippen LogP contribution in [0.2, 0.25) is 0 Å². The summed E-state index contributed by atoms with van der Waals surface area (Å²) in [5.41, 5.74) is 0.522. The molecule has 1 N–H and O–H groups in total. The Kier molecular flexibility index (Phi) is 4.23. The summed E-state index contributed by atoms with van der Waals surface area (Å²) in [6.07, 6.45) is 1.67. The van der Waals surface area contributed by atoms with Crippen molar-refractivity contribution in [3.05, 3.63) is 29.6 Å². The second kappa shape index (κ2) is 5.56. The molecule has 0 spiro atoms. The van der Waals surface area contributed by atoms with Gasteiger partial charge in [-0.25, -0.2) is 17.5 Å². The Morgan fingerprint density at radius 1 is 1.47 bits per heavy atom. The van der Waals surface area contributed by atoms with Crippen molar-refractivity contribution in [2.24, 2.45) is 0 Å². The maximum Gasteiger partial charge on any atom is 0.241 e. The second-order valence-electron chi connectivity index (χ2n) is 4.87. The zero-order chi connectivity index (χ0) is 14.0. The third-order valence-electron chi connectivity index (χ3n) is 3.30. The average molecular weight is 287 g/mol. The largest absolute Gasteiger partial charge is 0.377 e. The van der Waals surface area contributed by atoms with Gasteiger partial charge >= 0.3 is 0 Å². The SMILES string of the molecule is Cc1ccc(F)cc1S(=O)(=O)NC(C)C1CCCO1. The van der Waals surface area contributed by atoms with Crippen LogP contribution in [0.5, 0.6) is 0 Å². The van der Waals surface area contributed by atoms with Gasteiger partial charge < -0.3 is 4.74 Å². The average Bonchev–Trinajstić information content (AvgIpc) is 2.85. The number of rotatable bonds is 4. The van der Waals surface area contributed by atoms with E-state index in [1.165, 1.54) is 12.1 Å². The van der Waals surface area contributed by atoms with Crippen LogP contribution >= 0.6 is 0 Å². The molecule has 0 bridgehead atoms. The maximum absolute atomic E-state index is 13.2. The molecule has 0 aliphatic carbocycles. The Bertz CT molecular complexity index is 553. The van der Waals surface area contributed by atoms with Gasteiger partial charge in [0.1, 0.15) is 5.82 Å². The third kappa shape index (κ3) is 3.32. The first-order valence-corrected chi connectivity index (χ1v) is 7.78. The first kappa shape index (κ1) is 14.4.